The van der Waals surface area contributed by atoms with Gasteiger partial charge in [0.25, 0.3) is 5.91 Å². The van der Waals surface area contributed by atoms with Gasteiger partial charge in [0.05, 0.1) is 6.33 Å². The Hall–Kier alpha value is -3.83. The lowest BCUT2D eigenvalue weighted by Gasteiger charge is -2.25. The number of fused-ring (bicyclic) bond motifs is 1. The summed E-state index contributed by atoms with van der Waals surface area (Å²) in [6.07, 6.45) is 0.686. The average Bonchev–Trinajstić information content (AvgIpc) is 3.43. The third kappa shape index (κ3) is 3.79. The lowest BCUT2D eigenvalue weighted by Crippen LogP contribution is -2.43. The first-order valence-electron chi connectivity index (χ1n) is 9.32. The molecule has 0 radical (unpaired) electrons. The molecular formula is C18H16FN5O8. The number of rotatable bonds is 5. The molecule has 2 fully saturated rings. The molecular weight excluding hydrogens is 433 g/mol. The molecule has 4 atom stereocenters. The standard InChI is InChI=1S/C18H16FN5O8/c1-2-18(6-30-17(28)29)9(25)5-10(32-18)24-7-20-12-13(22-16(19)23-14(12)24)21-15(27)8-3-4-11(26)31-8/h1,7-10,25H,3-6H2,(H,28,29)(H,21,22,23,27)/t8-,9+,10-,18-/m1/s1. The van der Waals surface area contributed by atoms with Crippen molar-refractivity contribution in [3.05, 3.63) is 12.4 Å². The number of carbonyl (C=O) groups excluding carboxylic acids is 2. The second-order valence-corrected chi connectivity index (χ2v) is 7.08. The quantitative estimate of drug-likeness (QED) is 0.317. The fourth-order valence-corrected chi connectivity index (χ4v) is 3.49. The van der Waals surface area contributed by atoms with Crippen LogP contribution in [0.15, 0.2) is 6.33 Å². The van der Waals surface area contributed by atoms with E-state index in [0.717, 1.165) is 0 Å². The smallest absolute Gasteiger partial charge is 0.452 e. The largest absolute Gasteiger partial charge is 0.505 e. The van der Waals surface area contributed by atoms with E-state index >= 15 is 0 Å². The number of carbonyl (C=O) groups is 3. The monoisotopic (exact) mass is 449 g/mol. The second kappa shape index (κ2) is 8.02. The maximum Gasteiger partial charge on any atom is 0.505 e. The number of halogens is 1. The Bertz CT molecular complexity index is 1150. The first-order chi connectivity index (χ1) is 15.2. The Morgan fingerprint density at radius 3 is 2.91 bits per heavy atom. The van der Waals surface area contributed by atoms with Crippen molar-refractivity contribution < 1.29 is 43.2 Å². The Labute approximate surface area is 178 Å². The number of hydrogen-bond donors (Lipinski definition) is 3. The van der Waals surface area contributed by atoms with Crippen molar-refractivity contribution in [1.29, 1.82) is 0 Å². The molecule has 4 rings (SSSR count). The van der Waals surface area contributed by atoms with Gasteiger partial charge in [-0.25, -0.2) is 9.78 Å². The molecule has 0 spiro atoms. The number of anilines is 1. The van der Waals surface area contributed by atoms with Crippen molar-refractivity contribution in [2.45, 2.75) is 43.3 Å². The summed E-state index contributed by atoms with van der Waals surface area (Å²) < 4.78 is 30.4. The molecule has 32 heavy (non-hydrogen) atoms. The van der Waals surface area contributed by atoms with Gasteiger partial charge in [-0.1, -0.05) is 5.92 Å². The molecule has 0 aliphatic carbocycles. The summed E-state index contributed by atoms with van der Waals surface area (Å²) in [6, 6.07) is 0. The van der Waals surface area contributed by atoms with Crippen molar-refractivity contribution in [1.82, 2.24) is 19.5 Å². The van der Waals surface area contributed by atoms with E-state index < -0.39 is 54.8 Å². The molecule has 14 heteroatoms. The zero-order valence-electron chi connectivity index (χ0n) is 16.2. The normalized spacial score (nSPS) is 27.2. The highest BCUT2D eigenvalue weighted by molar-refractivity contribution is 6.00. The molecule has 2 saturated heterocycles. The van der Waals surface area contributed by atoms with Crippen LogP contribution in [0.1, 0.15) is 25.5 Å². The average molecular weight is 449 g/mol. The zero-order chi connectivity index (χ0) is 23.0. The third-order valence-electron chi connectivity index (χ3n) is 5.09. The molecule has 2 aliphatic heterocycles. The minimum Gasteiger partial charge on any atom is -0.452 e. The van der Waals surface area contributed by atoms with Crippen LogP contribution in [0.25, 0.3) is 11.2 Å². The van der Waals surface area contributed by atoms with Gasteiger partial charge in [-0.2, -0.15) is 14.4 Å². The molecule has 168 valence electrons. The van der Waals surface area contributed by atoms with Crippen molar-refractivity contribution >= 4 is 35.0 Å². The van der Waals surface area contributed by atoms with E-state index in [0.29, 0.717) is 0 Å². The fraction of sp³-hybridized carbons (Fsp3) is 0.444. The van der Waals surface area contributed by atoms with Crippen LogP contribution in [0.5, 0.6) is 0 Å². The fourth-order valence-electron chi connectivity index (χ4n) is 3.49. The number of ether oxygens (including phenoxy) is 3. The molecule has 0 bridgehead atoms. The van der Waals surface area contributed by atoms with Crippen molar-refractivity contribution in [2.75, 3.05) is 11.9 Å². The van der Waals surface area contributed by atoms with Gasteiger partial charge < -0.3 is 29.7 Å². The maximum atomic E-state index is 14.1. The molecule has 13 nitrogen and oxygen atoms in total. The van der Waals surface area contributed by atoms with E-state index in [1.807, 2.05) is 0 Å². The number of carboxylic acid groups (broad SMARTS) is 1. The minimum absolute atomic E-state index is 0.00200. The van der Waals surface area contributed by atoms with Crippen LogP contribution >= 0.6 is 0 Å². The van der Waals surface area contributed by atoms with E-state index in [4.69, 9.17) is 21.0 Å². The number of nitrogens with zero attached hydrogens (tertiary/aromatic N) is 4. The minimum atomic E-state index is -1.77. The molecule has 0 aromatic carbocycles. The lowest BCUT2D eigenvalue weighted by atomic mass is 9.99. The zero-order valence-corrected chi connectivity index (χ0v) is 16.2. The van der Waals surface area contributed by atoms with Gasteiger partial charge in [0.2, 0.25) is 0 Å². The van der Waals surface area contributed by atoms with Gasteiger partial charge in [0.1, 0.15) is 18.9 Å². The number of aliphatic hydroxyl groups is 1. The highest BCUT2D eigenvalue weighted by Gasteiger charge is 2.49. The van der Waals surface area contributed by atoms with Crippen LogP contribution in [-0.2, 0) is 23.8 Å². The summed E-state index contributed by atoms with van der Waals surface area (Å²) in [5.74, 6) is 0.733. The second-order valence-electron chi connectivity index (χ2n) is 7.08. The number of imidazole rings is 1. The summed E-state index contributed by atoms with van der Waals surface area (Å²) in [5.41, 5.74) is -1.85. The van der Waals surface area contributed by atoms with Crippen LogP contribution in [-0.4, -0.2) is 72.2 Å². The Morgan fingerprint density at radius 1 is 1.47 bits per heavy atom. The summed E-state index contributed by atoms with van der Waals surface area (Å²) >= 11 is 0. The number of esters is 1. The SMILES string of the molecule is C#C[C@]1(COC(=O)O)O[C@@H](n2cnc3c(NC(=O)[C@H]4CCC(=O)O4)nc(F)nc32)C[C@@H]1O. The molecule has 1 amide bonds. The van der Waals surface area contributed by atoms with E-state index in [9.17, 15) is 23.9 Å². The third-order valence-corrected chi connectivity index (χ3v) is 5.09. The Balaban J connectivity index is 1.61. The lowest BCUT2D eigenvalue weighted by molar-refractivity contribution is -0.146. The summed E-state index contributed by atoms with van der Waals surface area (Å²) in [4.78, 5) is 45.6. The van der Waals surface area contributed by atoms with Gasteiger partial charge in [-0.05, 0) is 0 Å². The van der Waals surface area contributed by atoms with E-state index in [1.165, 1.54) is 10.9 Å². The number of cyclic esters (lactones) is 1. The van der Waals surface area contributed by atoms with E-state index in [-0.39, 0.29) is 36.2 Å². The number of aliphatic hydroxyl groups excluding tert-OH is 1. The molecule has 2 aromatic heterocycles. The highest BCUT2D eigenvalue weighted by Crippen LogP contribution is 2.38. The van der Waals surface area contributed by atoms with Crippen LogP contribution in [0.2, 0.25) is 0 Å². The van der Waals surface area contributed by atoms with E-state index in [1.54, 1.807) is 0 Å². The molecule has 0 saturated carbocycles. The maximum absolute atomic E-state index is 14.1. The van der Waals surface area contributed by atoms with Crippen LogP contribution < -0.4 is 5.32 Å². The predicted molar refractivity (Wildman–Crippen MR) is 99.3 cm³/mol. The van der Waals surface area contributed by atoms with Gasteiger partial charge in [-0.15, -0.1) is 6.42 Å². The number of amides is 1. The molecule has 0 unspecified atom stereocenters. The number of aromatic nitrogens is 4. The van der Waals surface area contributed by atoms with Crippen molar-refractivity contribution in [3.8, 4) is 12.3 Å². The van der Waals surface area contributed by atoms with Crippen LogP contribution in [0.3, 0.4) is 0 Å². The van der Waals surface area contributed by atoms with Crippen molar-refractivity contribution in [3.63, 3.8) is 0 Å². The molecule has 2 aromatic rings. The van der Waals surface area contributed by atoms with E-state index in [2.05, 4.69) is 30.9 Å². The number of nitrogens with one attached hydrogen (secondary N) is 1. The van der Waals surface area contributed by atoms with Crippen LogP contribution in [0.4, 0.5) is 15.0 Å². The number of hydrogen-bond acceptors (Lipinski definition) is 10. The summed E-state index contributed by atoms with van der Waals surface area (Å²) in [7, 11) is 0. The van der Waals surface area contributed by atoms with Gasteiger partial charge in [0.15, 0.2) is 28.7 Å². The predicted octanol–water partition coefficient (Wildman–Crippen LogP) is -0.0441. The topological polar surface area (TPSA) is 175 Å². The first-order valence-corrected chi connectivity index (χ1v) is 9.32. The van der Waals surface area contributed by atoms with Crippen LogP contribution in [0, 0.1) is 18.4 Å². The Kier molecular flexibility index (Phi) is 5.36. The van der Waals surface area contributed by atoms with Gasteiger partial charge in [-0.3, -0.25) is 14.2 Å². The first kappa shape index (κ1) is 21.4. The van der Waals surface area contributed by atoms with Gasteiger partial charge in [0, 0.05) is 19.3 Å². The molecule has 3 N–H and O–H groups in total. The molecule has 4 heterocycles. The highest BCUT2D eigenvalue weighted by atomic mass is 19.1. The molecule has 2 aliphatic rings. The Morgan fingerprint density at radius 2 is 2.25 bits per heavy atom. The summed E-state index contributed by atoms with van der Waals surface area (Å²) in [6.45, 7) is -0.631. The van der Waals surface area contributed by atoms with Gasteiger partial charge >= 0.3 is 18.2 Å². The number of terminal acetylenes is 1. The summed E-state index contributed by atoms with van der Waals surface area (Å²) in [5, 5.41) is 21.5. The van der Waals surface area contributed by atoms with Crippen molar-refractivity contribution in [2.24, 2.45) is 0 Å².